The maximum atomic E-state index is 12.8. The van der Waals surface area contributed by atoms with Gasteiger partial charge in [-0.25, -0.2) is 4.98 Å². The summed E-state index contributed by atoms with van der Waals surface area (Å²) in [7, 11) is 0. The third kappa shape index (κ3) is 3.25. The molecule has 0 saturated carbocycles. The van der Waals surface area contributed by atoms with E-state index >= 15 is 0 Å². The molecule has 0 fully saturated rings. The molecule has 2 aromatic rings. The third-order valence-electron chi connectivity index (χ3n) is 2.20. The van der Waals surface area contributed by atoms with E-state index in [1.807, 2.05) is 6.20 Å². The molecule has 5 nitrogen and oxygen atoms in total. The maximum absolute atomic E-state index is 12.8. The van der Waals surface area contributed by atoms with Crippen molar-refractivity contribution in [3.63, 3.8) is 0 Å². The molecule has 0 radical (unpaired) electrons. The van der Waals surface area contributed by atoms with Gasteiger partial charge in [0.25, 0.3) is 0 Å². The molecule has 0 aliphatic carbocycles. The van der Waals surface area contributed by atoms with Crippen LogP contribution in [0.5, 0.6) is 0 Å². The number of pyridine rings is 1. The summed E-state index contributed by atoms with van der Waals surface area (Å²) >= 11 is 0. The van der Waals surface area contributed by atoms with Crippen LogP contribution >= 0.6 is 0 Å². The maximum Gasteiger partial charge on any atom is 0.214 e. The number of aliphatic hydroxyl groups is 1. The van der Waals surface area contributed by atoms with Gasteiger partial charge in [-0.15, -0.1) is 0 Å². The summed E-state index contributed by atoms with van der Waals surface area (Å²) in [6.07, 6.45) is 3.52. The fourth-order valence-electron chi connectivity index (χ4n) is 1.42. The lowest BCUT2D eigenvalue weighted by atomic mass is 10.3. The second-order valence-corrected chi connectivity index (χ2v) is 3.53. The lowest BCUT2D eigenvalue weighted by Gasteiger charge is -2.02. The van der Waals surface area contributed by atoms with Crippen molar-refractivity contribution in [2.24, 2.45) is 0 Å². The Morgan fingerprint density at radius 1 is 1.41 bits per heavy atom. The minimum atomic E-state index is -0.508. The first-order valence-corrected chi connectivity index (χ1v) is 5.26. The van der Waals surface area contributed by atoms with Gasteiger partial charge in [-0.1, -0.05) is 6.07 Å². The van der Waals surface area contributed by atoms with Gasteiger partial charge in [0.15, 0.2) is 0 Å². The predicted molar refractivity (Wildman–Crippen MR) is 60.8 cm³/mol. The molecule has 0 spiro atoms. The zero-order valence-corrected chi connectivity index (χ0v) is 9.17. The Morgan fingerprint density at radius 2 is 2.29 bits per heavy atom. The monoisotopic (exact) mass is 236 g/mol. The first-order valence-electron chi connectivity index (χ1n) is 5.26. The van der Waals surface area contributed by atoms with Crippen LogP contribution in [-0.4, -0.2) is 26.5 Å². The zero-order valence-electron chi connectivity index (χ0n) is 9.17. The standard InChI is InChI=1S/C11H13FN4O/c12-10-2-1-3-11(15-10)13-6-9-7-14-16(8-9)4-5-17/h1-3,7-8,17H,4-6H2,(H,13,15). The molecule has 0 amide bonds. The van der Waals surface area contributed by atoms with E-state index in [4.69, 9.17) is 5.11 Å². The Labute approximate surface area is 97.9 Å². The van der Waals surface area contributed by atoms with E-state index in [-0.39, 0.29) is 6.61 Å². The molecule has 2 aromatic heterocycles. The first-order chi connectivity index (χ1) is 8.28. The van der Waals surface area contributed by atoms with Crippen molar-refractivity contribution in [2.45, 2.75) is 13.1 Å². The number of aromatic nitrogens is 3. The fourth-order valence-corrected chi connectivity index (χ4v) is 1.42. The number of nitrogens with one attached hydrogen (secondary N) is 1. The number of hydrogen-bond acceptors (Lipinski definition) is 4. The Bertz CT molecular complexity index is 486. The Balaban J connectivity index is 1.93. The highest BCUT2D eigenvalue weighted by molar-refractivity contribution is 5.34. The smallest absolute Gasteiger partial charge is 0.214 e. The summed E-state index contributed by atoms with van der Waals surface area (Å²) in [5.74, 6) is -0.0223. The van der Waals surface area contributed by atoms with Crippen LogP contribution in [0, 0.1) is 5.95 Å². The SMILES string of the molecule is OCCn1cc(CNc2cccc(F)n2)cn1. The average Bonchev–Trinajstić information content (AvgIpc) is 2.75. The lowest BCUT2D eigenvalue weighted by Crippen LogP contribution is -2.03. The molecular formula is C11H13FN4O. The minimum absolute atomic E-state index is 0.0556. The number of hydrogen-bond donors (Lipinski definition) is 2. The van der Waals surface area contributed by atoms with Gasteiger partial charge in [-0.2, -0.15) is 9.49 Å². The van der Waals surface area contributed by atoms with Gasteiger partial charge in [-0.05, 0) is 12.1 Å². The minimum Gasteiger partial charge on any atom is -0.394 e. The molecule has 0 aromatic carbocycles. The number of rotatable bonds is 5. The molecule has 0 saturated heterocycles. The Kier molecular flexibility index (Phi) is 3.66. The van der Waals surface area contributed by atoms with E-state index in [9.17, 15) is 4.39 Å². The van der Waals surface area contributed by atoms with Crippen LogP contribution in [0.3, 0.4) is 0 Å². The molecule has 2 rings (SSSR count). The van der Waals surface area contributed by atoms with Crippen LogP contribution in [0.15, 0.2) is 30.6 Å². The quantitative estimate of drug-likeness (QED) is 0.761. The molecule has 2 heterocycles. The molecule has 6 heteroatoms. The largest absolute Gasteiger partial charge is 0.394 e. The summed E-state index contributed by atoms with van der Waals surface area (Å²) in [5, 5.41) is 15.8. The van der Waals surface area contributed by atoms with E-state index in [2.05, 4.69) is 15.4 Å². The van der Waals surface area contributed by atoms with Crippen LogP contribution in [0.1, 0.15) is 5.56 Å². The highest BCUT2D eigenvalue weighted by Gasteiger charge is 2.00. The van der Waals surface area contributed by atoms with E-state index < -0.39 is 5.95 Å². The van der Waals surface area contributed by atoms with Crippen molar-refractivity contribution in [3.05, 3.63) is 42.1 Å². The van der Waals surface area contributed by atoms with Crippen molar-refractivity contribution >= 4 is 5.82 Å². The van der Waals surface area contributed by atoms with Crippen LogP contribution in [-0.2, 0) is 13.1 Å². The third-order valence-corrected chi connectivity index (χ3v) is 2.20. The van der Waals surface area contributed by atoms with Crippen LogP contribution in [0.25, 0.3) is 0 Å². The van der Waals surface area contributed by atoms with Crippen molar-refractivity contribution < 1.29 is 9.50 Å². The number of halogens is 1. The number of nitrogens with zero attached hydrogens (tertiary/aromatic N) is 3. The summed E-state index contributed by atoms with van der Waals surface area (Å²) in [5.41, 5.74) is 0.949. The highest BCUT2D eigenvalue weighted by Crippen LogP contribution is 2.06. The fraction of sp³-hybridized carbons (Fsp3) is 0.273. The van der Waals surface area contributed by atoms with Crippen molar-refractivity contribution in [3.8, 4) is 0 Å². The summed E-state index contributed by atoms with van der Waals surface area (Å²) in [6.45, 7) is 1.04. The molecular weight excluding hydrogens is 223 g/mol. The van der Waals surface area contributed by atoms with Crippen molar-refractivity contribution in [1.82, 2.24) is 14.8 Å². The van der Waals surface area contributed by atoms with Crippen molar-refractivity contribution in [2.75, 3.05) is 11.9 Å². The van der Waals surface area contributed by atoms with Gasteiger partial charge in [0, 0.05) is 18.3 Å². The molecule has 0 aliphatic rings. The summed E-state index contributed by atoms with van der Waals surface area (Å²) in [6, 6.07) is 4.59. The number of anilines is 1. The van der Waals surface area contributed by atoms with E-state index in [1.165, 1.54) is 6.07 Å². The average molecular weight is 236 g/mol. The Hall–Kier alpha value is -1.95. The molecule has 2 N–H and O–H groups in total. The molecule has 0 atom stereocenters. The molecule has 0 aliphatic heterocycles. The van der Waals surface area contributed by atoms with E-state index in [0.717, 1.165) is 5.56 Å². The molecule has 17 heavy (non-hydrogen) atoms. The van der Waals surface area contributed by atoms with Crippen LogP contribution in [0.4, 0.5) is 10.2 Å². The normalized spacial score (nSPS) is 10.5. The second kappa shape index (κ2) is 5.40. The first kappa shape index (κ1) is 11.5. The second-order valence-electron chi connectivity index (χ2n) is 3.53. The zero-order chi connectivity index (χ0) is 12.1. The molecule has 90 valence electrons. The van der Waals surface area contributed by atoms with Gasteiger partial charge in [-0.3, -0.25) is 4.68 Å². The van der Waals surface area contributed by atoms with Crippen molar-refractivity contribution in [1.29, 1.82) is 0 Å². The lowest BCUT2D eigenvalue weighted by molar-refractivity contribution is 0.269. The molecule has 0 bridgehead atoms. The van der Waals surface area contributed by atoms with Gasteiger partial charge >= 0.3 is 0 Å². The highest BCUT2D eigenvalue weighted by atomic mass is 19.1. The van der Waals surface area contributed by atoms with Crippen LogP contribution < -0.4 is 5.32 Å². The molecule has 0 unspecified atom stereocenters. The van der Waals surface area contributed by atoms with Crippen LogP contribution in [0.2, 0.25) is 0 Å². The van der Waals surface area contributed by atoms with Gasteiger partial charge < -0.3 is 10.4 Å². The Morgan fingerprint density at radius 3 is 3.06 bits per heavy atom. The number of aliphatic hydroxyl groups excluding tert-OH is 1. The summed E-state index contributed by atoms with van der Waals surface area (Å²) in [4.78, 5) is 3.69. The van der Waals surface area contributed by atoms with Gasteiger partial charge in [0.2, 0.25) is 5.95 Å². The summed E-state index contributed by atoms with van der Waals surface area (Å²) < 4.78 is 14.5. The van der Waals surface area contributed by atoms with Gasteiger partial charge in [0.05, 0.1) is 19.3 Å². The van der Waals surface area contributed by atoms with E-state index in [1.54, 1.807) is 23.0 Å². The predicted octanol–water partition coefficient (Wildman–Crippen LogP) is 1.02. The topological polar surface area (TPSA) is 63.0 Å². The van der Waals surface area contributed by atoms with Gasteiger partial charge in [0.1, 0.15) is 5.82 Å². The van der Waals surface area contributed by atoms with E-state index in [0.29, 0.717) is 18.9 Å².